The monoisotopic (exact) mass is 268 g/mol. The van der Waals surface area contributed by atoms with Gasteiger partial charge in [0.05, 0.1) is 11.0 Å². The van der Waals surface area contributed by atoms with Gasteiger partial charge in [-0.15, -0.1) is 0 Å². The summed E-state index contributed by atoms with van der Waals surface area (Å²) < 4.78 is 3.34. The minimum atomic E-state index is 0.0179. The molecule has 1 heterocycles. The Kier molecular flexibility index (Phi) is 2.46. The Hall–Kier alpha value is -1.03. The minimum Gasteiger partial charge on any atom is -0.295 e. The summed E-state index contributed by atoms with van der Waals surface area (Å²) in [6.07, 6.45) is 0. The van der Waals surface area contributed by atoms with E-state index >= 15 is 0 Å². The average molecular weight is 269 g/mol. The van der Waals surface area contributed by atoms with E-state index in [4.69, 9.17) is 0 Å². The van der Waals surface area contributed by atoms with Crippen LogP contribution in [0.3, 0.4) is 0 Å². The van der Waals surface area contributed by atoms with Crippen molar-refractivity contribution in [2.75, 3.05) is 0 Å². The molecule has 15 heavy (non-hydrogen) atoms. The summed E-state index contributed by atoms with van der Waals surface area (Å²) in [5.41, 5.74) is 3.15. The SMILES string of the molecule is CC(Br)c1ccc2c(c1)n(C)c(=O)n2C. The summed E-state index contributed by atoms with van der Waals surface area (Å²) in [6, 6.07) is 6.08. The van der Waals surface area contributed by atoms with E-state index in [0.29, 0.717) is 4.83 Å². The van der Waals surface area contributed by atoms with E-state index in [1.54, 1.807) is 23.2 Å². The van der Waals surface area contributed by atoms with Crippen LogP contribution in [0.15, 0.2) is 23.0 Å². The first-order valence-corrected chi connectivity index (χ1v) is 5.73. The molecule has 0 aliphatic rings. The van der Waals surface area contributed by atoms with Gasteiger partial charge in [0.2, 0.25) is 0 Å². The van der Waals surface area contributed by atoms with Crippen LogP contribution in [0.5, 0.6) is 0 Å². The number of hydrogen-bond acceptors (Lipinski definition) is 1. The highest BCUT2D eigenvalue weighted by molar-refractivity contribution is 9.09. The van der Waals surface area contributed by atoms with Crippen molar-refractivity contribution in [3.63, 3.8) is 0 Å². The molecule has 80 valence electrons. The quantitative estimate of drug-likeness (QED) is 0.730. The Balaban J connectivity index is 2.83. The molecule has 0 radical (unpaired) electrons. The molecule has 0 fully saturated rings. The van der Waals surface area contributed by atoms with Gasteiger partial charge in [0.1, 0.15) is 0 Å². The van der Waals surface area contributed by atoms with Crippen LogP contribution in [-0.2, 0) is 14.1 Å². The molecule has 1 atom stereocenters. The number of imidazole rings is 1. The smallest absolute Gasteiger partial charge is 0.295 e. The second kappa shape index (κ2) is 3.52. The lowest BCUT2D eigenvalue weighted by molar-refractivity contribution is 0.795. The zero-order valence-electron chi connectivity index (χ0n) is 8.99. The van der Waals surface area contributed by atoms with E-state index in [1.807, 2.05) is 12.1 Å². The normalized spacial score (nSPS) is 13.3. The maximum absolute atomic E-state index is 11.7. The molecule has 0 aliphatic heterocycles. The summed E-state index contributed by atoms with van der Waals surface area (Å²) in [4.78, 5) is 12.0. The number of nitrogens with zero attached hydrogens (tertiary/aromatic N) is 2. The van der Waals surface area contributed by atoms with Crippen LogP contribution in [0.2, 0.25) is 0 Å². The number of hydrogen-bond donors (Lipinski definition) is 0. The highest BCUT2D eigenvalue weighted by atomic mass is 79.9. The maximum atomic E-state index is 11.7. The summed E-state index contributed by atoms with van der Waals surface area (Å²) in [7, 11) is 3.59. The third-order valence-corrected chi connectivity index (χ3v) is 3.28. The van der Waals surface area contributed by atoms with Crippen molar-refractivity contribution in [3.8, 4) is 0 Å². The molecule has 2 aromatic rings. The number of fused-ring (bicyclic) bond motifs is 1. The number of benzene rings is 1. The van der Waals surface area contributed by atoms with E-state index in [1.165, 1.54) is 5.56 Å². The minimum absolute atomic E-state index is 0.0179. The molecular weight excluding hydrogens is 256 g/mol. The van der Waals surface area contributed by atoms with Gasteiger partial charge in [0.15, 0.2) is 0 Å². The molecule has 4 heteroatoms. The number of aromatic nitrogens is 2. The van der Waals surface area contributed by atoms with E-state index < -0.39 is 0 Å². The van der Waals surface area contributed by atoms with Crippen molar-refractivity contribution in [1.29, 1.82) is 0 Å². The number of aryl methyl sites for hydroxylation is 2. The Morgan fingerprint density at radius 2 is 1.80 bits per heavy atom. The lowest BCUT2D eigenvalue weighted by atomic mass is 10.1. The summed E-state index contributed by atoms with van der Waals surface area (Å²) >= 11 is 3.52. The molecule has 0 bridgehead atoms. The van der Waals surface area contributed by atoms with Crippen LogP contribution in [0.1, 0.15) is 17.3 Å². The van der Waals surface area contributed by atoms with Gasteiger partial charge >= 0.3 is 5.69 Å². The van der Waals surface area contributed by atoms with Gasteiger partial charge in [-0.05, 0) is 24.6 Å². The van der Waals surface area contributed by atoms with Gasteiger partial charge in [-0.3, -0.25) is 9.13 Å². The van der Waals surface area contributed by atoms with Gasteiger partial charge < -0.3 is 0 Å². The van der Waals surface area contributed by atoms with Crippen molar-refractivity contribution in [3.05, 3.63) is 34.2 Å². The highest BCUT2D eigenvalue weighted by Gasteiger charge is 2.09. The van der Waals surface area contributed by atoms with E-state index in [2.05, 4.69) is 28.9 Å². The second-order valence-electron chi connectivity index (χ2n) is 3.76. The molecule has 0 amide bonds. The van der Waals surface area contributed by atoms with Crippen LogP contribution in [0.25, 0.3) is 11.0 Å². The molecule has 0 saturated carbocycles. The molecule has 0 spiro atoms. The summed E-state index contributed by atoms with van der Waals surface area (Å²) in [5, 5.41) is 0. The van der Waals surface area contributed by atoms with Crippen LogP contribution < -0.4 is 5.69 Å². The van der Waals surface area contributed by atoms with Gasteiger partial charge in [-0.1, -0.05) is 22.0 Å². The van der Waals surface area contributed by atoms with Crippen molar-refractivity contribution in [1.82, 2.24) is 9.13 Å². The molecule has 0 aliphatic carbocycles. The molecule has 0 saturated heterocycles. The van der Waals surface area contributed by atoms with Crippen molar-refractivity contribution < 1.29 is 0 Å². The molecule has 1 unspecified atom stereocenters. The predicted octanol–water partition coefficient (Wildman–Crippen LogP) is 2.33. The molecule has 1 aromatic heterocycles. The molecular formula is C11H13BrN2O. The van der Waals surface area contributed by atoms with Crippen molar-refractivity contribution in [2.45, 2.75) is 11.8 Å². The third-order valence-electron chi connectivity index (χ3n) is 2.76. The van der Waals surface area contributed by atoms with Crippen LogP contribution in [0, 0.1) is 0 Å². The van der Waals surface area contributed by atoms with Gasteiger partial charge in [0, 0.05) is 18.9 Å². The molecule has 3 nitrogen and oxygen atoms in total. The standard InChI is InChI=1S/C11H13BrN2O/c1-7(12)8-4-5-9-10(6-8)14(3)11(15)13(9)2/h4-7H,1-3H3. The van der Waals surface area contributed by atoms with Gasteiger partial charge in [-0.2, -0.15) is 0 Å². The average Bonchev–Trinajstić information content (AvgIpc) is 2.44. The zero-order valence-corrected chi connectivity index (χ0v) is 10.6. The Bertz CT molecular complexity index is 566. The highest BCUT2D eigenvalue weighted by Crippen LogP contribution is 2.24. The van der Waals surface area contributed by atoms with E-state index in [0.717, 1.165) is 11.0 Å². The molecule has 2 rings (SSSR count). The molecule has 1 aromatic carbocycles. The Morgan fingerprint density at radius 1 is 1.20 bits per heavy atom. The largest absolute Gasteiger partial charge is 0.328 e. The van der Waals surface area contributed by atoms with E-state index in [-0.39, 0.29) is 5.69 Å². The number of halogens is 1. The Morgan fingerprint density at radius 3 is 2.40 bits per heavy atom. The summed E-state index contributed by atoms with van der Waals surface area (Å²) in [6.45, 7) is 2.07. The van der Waals surface area contributed by atoms with Crippen LogP contribution in [0.4, 0.5) is 0 Å². The fraction of sp³-hybridized carbons (Fsp3) is 0.364. The lowest BCUT2D eigenvalue weighted by Crippen LogP contribution is -2.19. The van der Waals surface area contributed by atoms with Gasteiger partial charge in [0.25, 0.3) is 0 Å². The Labute approximate surface area is 96.5 Å². The van der Waals surface area contributed by atoms with Gasteiger partial charge in [-0.25, -0.2) is 4.79 Å². The fourth-order valence-corrected chi connectivity index (χ4v) is 2.06. The first-order chi connectivity index (χ1) is 7.02. The first kappa shape index (κ1) is 10.5. The van der Waals surface area contributed by atoms with Crippen LogP contribution >= 0.6 is 15.9 Å². The van der Waals surface area contributed by atoms with Crippen LogP contribution in [-0.4, -0.2) is 9.13 Å². The van der Waals surface area contributed by atoms with E-state index in [9.17, 15) is 4.79 Å². The van der Waals surface area contributed by atoms with Crippen molar-refractivity contribution >= 4 is 27.0 Å². The maximum Gasteiger partial charge on any atom is 0.328 e. The first-order valence-electron chi connectivity index (χ1n) is 4.82. The van der Waals surface area contributed by atoms with Crippen molar-refractivity contribution in [2.24, 2.45) is 14.1 Å². The number of alkyl halides is 1. The topological polar surface area (TPSA) is 26.9 Å². The molecule has 0 N–H and O–H groups in total. The zero-order chi connectivity index (χ0) is 11.2. The summed E-state index contributed by atoms with van der Waals surface area (Å²) in [5.74, 6) is 0. The predicted molar refractivity (Wildman–Crippen MR) is 65.5 cm³/mol. The fourth-order valence-electron chi connectivity index (χ4n) is 1.77. The number of rotatable bonds is 1. The second-order valence-corrected chi connectivity index (χ2v) is 5.14. The third kappa shape index (κ3) is 1.53. The lowest BCUT2D eigenvalue weighted by Gasteiger charge is -2.04.